The molecule has 2 amide bonds. The second-order valence-electron chi connectivity index (χ2n) is 6.95. The number of benzene rings is 1. The second-order valence-corrected chi connectivity index (χ2v) is 8.89. The third-order valence-corrected chi connectivity index (χ3v) is 6.93. The van der Waals surface area contributed by atoms with Crippen molar-refractivity contribution in [3.05, 3.63) is 18.2 Å². The maximum absolute atomic E-state index is 13.0. The monoisotopic (exact) mass is 422 g/mol. The van der Waals surface area contributed by atoms with Gasteiger partial charge in [-0.25, -0.2) is 13.8 Å². The van der Waals surface area contributed by atoms with Crippen LogP contribution in [0.25, 0.3) is 0 Å². The topological polar surface area (TPSA) is 118 Å². The molecular formula is C18H22N4O6S. The third-order valence-electron chi connectivity index (χ3n) is 5.03. The number of fused-ring (bicyclic) bond motifs is 1. The van der Waals surface area contributed by atoms with Gasteiger partial charge in [0, 0.05) is 51.5 Å². The number of carbonyl (C=O) groups is 2. The molecule has 11 heteroatoms. The van der Waals surface area contributed by atoms with Gasteiger partial charge < -0.3 is 14.4 Å². The SMILES string of the molecule is O=C1CCC(C(=O)N2CCN(S(=O)(=O)c3ccc4c(c3)OCCCO4)CC2)=NN1. The van der Waals surface area contributed by atoms with Crippen LogP contribution in [0.2, 0.25) is 0 Å². The van der Waals surface area contributed by atoms with Gasteiger partial charge in [-0.15, -0.1) is 0 Å². The minimum Gasteiger partial charge on any atom is -0.490 e. The molecule has 3 aliphatic rings. The molecule has 1 saturated heterocycles. The van der Waals surface area contributed by atoms with Gasteiger partial charge >= 0.3 is 0 Å². The number of amides is 2. The van der Waals surface area contributed by atoms with E-state index in [1.165, 1.54) is 16.4 Å². The van der Waals surface area contributed by atoms with Gasteiger partial charge in [0.25, 0.3) is 5.91 Å². The van der Waals surface area contributed by atoms with Crippen molar-refractivity contribution in [1.29, 1.82) is 0 Å². The molecule has 1 fully saturated rings. The van der Waals surface area contributed by atoms with Crippen LogP contribution in [0.4, 0.5) is 0 Å². The smallest absolute Gasteiger partial charge is 0.270 e. The van der Waals surface area contributed by atoms with Crippen LogP contribution in [0, 0.1) is 0 Å². The van der Waals surface area contributed by atoms with E-state index in [9.17, 15) is 18.0 Å². The Morgan fingerprint density at radius 2 is 1.76 bits per heavy atom. The van der Waals surface area contributed by atoms with Crippen molar-refractivity contribution < 1.29 is 27.5 Å². The molecule has 10 nitrogen and oxygen atoms in total. The highest BCUT2D eigenvalue weighted by Gasteiger charge is 2.32. The molecule has 156 valence electrons. The first kappa shape index (κ1) is 19.6. The Hall–Kier alpha value is -2.66. The molecular weight excluding hydrogens is 400 g/mol. The summed E-state index contributed by atoms with van der Waals surface area (Å²) in [5.74, 6) is 0.484. The van der Waals surface area contributed by atoms with Crippen molar-refractivity contribution in [3.63, 3.8) is 0 Å². The van der Waals surface area contributed by atoms with Gasteiger partial charge in [-0.2, -0.15) is 9.41 Å². The van der Waals surface area contributed by atoms with Gasteiger partial charge in [0.1, 0.15) is 5.71 Å². The zero-order chi connectivity index (χ0) is 20.4. The number of piperazine rings is 1. The first-order valence-electron chi connectivity index (χ1n) is 9.49. The summed E-state index contributed by atoms with van der Waals surface area (Å²) in [4.78, 5) is 25.4. The van der Waals surface area contributed by atoms with Crippen molar-refractivity contribution in [2.75, 3.05) is 39.4 Å². The molecule has 1 N–H and O–H groups in total. The maximum Gasteiger partial charge on any atom is 0.270 e. The summed E-state index contributed by atoms with van der Waals surface area (Å²) in [5, 5.41) is 3.82. The van der Waals surface area contributed by atoms with Crippen LogP contribution < -0.4 is 14.9 Å². The van der Waals surface area contributed by atoms with E-state index in [-0.39, 0.29) is 49.3 Å². The maximum atomic E-state index is 13.0. The van der Waals surface area contributed by atoms with Crippen LogP contribution in [-0.4, -0.2) is 74.5 Å². The van der Waals surface area contributed by atoms with Crippen LogP contribution in [0.15, 0.2) is 28.2 Å². The number of hydrogen-bond acceptors (Lipinski definition) is 7. The minimum absolute atomic E-state index is 0.140. The van der Waals surface area contributed by atoms with Gasteiger partial charge in [-0.05, 0) is 12.1 Å². The zero-order valence-corrected chi connectivity index (χ0v) is 16.6. The molecule has 4 rings (SSSR count). The lowest BCUT2D eigenvalue weighted by atomic mass is 10.1. The van der Waals surface area contributed by atoms with E-state index in [0.29, 0.717) is 36.8 Å². The summed E-state index contributed by atoms with van der Waals surface area (Å²) in [5.41, 5.74) is 2.60. The van der Waals surface area contributed by atoms with Gasteiger partial charge in [0.15, 0.2) is 11.5 Å². The van der Waals surface area contributed by atoms with Crippen LogP contribution >= 0.6 is 0 Å². The number of nitrogens with zero attached hydrogens (tertiary/aromatic N) is 3. The number of hydrogen-bond donors (Lipinski definition) is 1. The molecule has 3 aliphatic heterocycles. The molecule has 0 radical (unpaired) electrons. The molecule has 0 saturated carbocycles. The zero-order valence-electron chi connectivity index (χ0n) is 15.8. The van der Waals surface area contributed by atoms with E-state index in [0.717, 1.165) is 6.42 Å². The quantitative estimate of drug-likeness (QED) is 0.730. The highest BCUT2D eigenvalue weighted by atomic mass is 32.2. The van der Waals surface area contributed by atoms with Crippen LogP contribution in [-0.2, 0) is 19.6 Å². The third kappa shape index (κ3) is 4.06. The lowest BCUT2D eigenvalue weighted by Crippen LogP contribution is -2.52. The van der Waals surface area contributed by atoms with Crippen LogP contribution in [0.3, 0.4) is 0 Å². The van der Waals surface area contributed by atoms with E-state index in [1.807, 2.05) is 0 Å². The lowest BCUT2D eigenvalue weighted by molar-refractivity contribution is -0.125. The molecule has 0 atom stereocenters. The Kier molecular flexibility index (Phi) is 5.41. The number of carbonyl (C=O) groups excluding carboxylic acids is 2. The molecule has 0 bridgehead atoms. The highest BCUT2D eigenvalue weighted by molar-refractivity contribution is 7.89. The van der Waals surface area contributed by atoms with Crippen molar-refractivity contribution in [1.82, 2.24) is 14.6 Å². The van der Waals surface area contributed by atoms with E-state index < -0.39 is 10.0 Å². The summed E-state index contributed by atoms with van der Waals surface area (Å²) in [6.45, 7) is 1.89. The Labute approximate surface area is 168 Å². The standard InChI is InChI=1S/C18H22N4O6S/c23-17-5-3-14(19-20-17)18(24)21-6-8-22(9-7-21)29(25,26)13-2-4-15-16(12-13)28-11-1-10-27-15/h2,4,12H,1,3,5-11H2,(H,20,23). The molecule has 29 heavy (non-hydrogen) atoms. The summed E-state index contributed by atoms with van der Waals surface area (Å²) in [6.07, 6.45) is 1.26. The first-order chi connectivity index (χ1) is 13.9. The lowest BCUT2D eigenvalue weighted by Gasteiger charge is -2.34. The molecule has 0 aromatic heterocycles. The van der Waals surface area contributed by atoms with E-state index >= 15 is 0 Å². The Morgan fingerprint density at radius 1 is 1.03 bits per heavy atom. The number of rotatable bonds is 3. The predicted molar refractivity (Wildman–Crippen MR) is 102 cm³/mol. The molecule has 0 aliphatic carbocycles. The molecule has 1 aromatic rings. The molecule has 0 unspecified atom stereocenters. The Balaban J connectivity index is 1.43. The first-order valence-corrected chi connectivity index (χ1v) is 10.9. The summed E-state index contributed by atoms with van der Waals surface area (Å²) >= 11 is 0. The average Bonchev–Trinajstić information content (AvgIpc) is 2.99. The van der Waals surface area contributed by atoms with E-state index in [4.69, 9.17) is 9.47 Å². The van der Waals surface area contributed by atoms with Crippen molar-refractivity contribution in [2.24, 2.45) is 5.10 Å². The Morgan fingerprint density at radius 3 is 2.45 bits per heavy atom. The fourth-order valence-electron chi connectivity index (χ4n) is 3.40. The van der Waals surface area contributed by atoms with E-state index in [2.05, 4.69) is 10.5 Å². The minimum atomic E-state index is -3.72. The number of ether oxygens (including phenoxy) is 2. The fraction of sp³-hybridized carbons (Fsp3) is 0.500. The average molecular weight is 422 g/mol. The van der Waals surface area contributed by atoms with Crippen molar-refractivity contribution in [3.8, 4) is 11.5 Å². The predicted octanol–water partition coefficient (Wildman–Crippen LogP) is -0.0532. The molecule has 1 aromatic carbocycles. The second kappa shape index (κ2) is 7.99. The highest BCUT2D eigenvalue weighted by Crippen LogP contribution is 2.33. The van der Waals surface area contributed by atoms with Gasteiger partial charge in [-0.3, -0.25) is 9.59 Å². The normalized spacial score (nSPS) is 20.5. The number of nitrogens with one attached hydrogen (secondary N) is 1. The van der Waals surface area contributed by atoms with Gasteiger partial charge in [0.2, 0.25) is 15.9 Å². The Bertz CT molecular complexity index is 953. The van der Waals surface area contributed by atoms with Gasteiger partial charge in [-0.1, -0.05) is 0 Å². The van der Waals surface area contributed by atoms with Gasteiger partial charge in [0.05, 0.1) is 18.1 Å². The van der Waals surface area contributed by atoms with Crippen molar-refractivity contribution in [2.45, 2.75) is 24.2 Å². The van der Waals surface area contributed by atoms with Crippen LogP contribution in [0.5, 0.6) is 11.5 Å². The van der Waals surface area contributed by atoms with Crippen LogP contribution in [0.1, 0.15) is 19.3 Å². The number of hydrazone groups is 1. The van der Waals surface area contributed by atoms with Crippen molar-refractivity contribution >= 4 is 27.5 Å². The summed E-state index contributed by atoms with van der Waals surface area (Å²) < 4.78 is 38.6. The summed E-state index contributed by atoms with van der Waals surface area (Å²) in [6, 6.07) is 4.62. The fourth-order valence-corrected chi connectivity index (χ4v) is 4.83. The molecule has 0 spiro atoms. The molecule has 3 heterocycles. The van der Waals surface area contributed by atoms with E-state index in [1.54, 1.807) is 11.0 Å². The largest absolute Gasteiger partial charge is 0.490 e. The number of sulfonamides is 1. The summed E-state index contributed by atoms with van der Waals surface area (Å²) in [7, 11) is -3.72.